The molecule has 1 atom stereocenters. The van der Waals surface area contributed by atoms with Crippen LogP contribution in [0.2, 0.25) is 0 Å². The van der Waals surface area contributed by atoms with Crippen molar-refractivity contribution in [1.82, 2.24) is 4.90 Å². The van der Waals surface area contributed by atoms with Crippen LogP contribution in [0.15, 0.2) is 42.5 Å². The second-order valence-electron chi connectivity index (χ2n) is 6.07. The first-order chi connectivity index (χ1) is 12.7. The molecule has 2 aromatic rings. The summed E-state index contributed by atoms with van der Waals surface area (Å²) in [6, 6.07) is 14.0. The van der Waals surface area contributed by atoms with Gasteiger partial charge in [0.2, 0.25) is 0 Å². The molecule has 1 fully saturated rings. The molecule has 1 heterocycles. The van der Waals surface area contributed by atoms with Crippen LogP contribution in [-0.2, 0) is 23.6 Å². The molecule has 0 spiro atoms. The van der Waals surface area contributed by atoms with Crippen molar-refractivity contribution in [3.8, 4) is 11.5 Å². The van der Waals surface area contributed by atoms with Gasteiger partial charge in [-0.3, -0.25) is 4.90 Å². The van der Waals surface area contributed by atoms with Gasteiger partial charge in [0.05, 0.1) is 7.11 Å². The molecule has 0 aliphatic carbocycles. The number of hydrogen-bond donors (Lipinski definition) is 1. The molecule has 0 amide bonds. The van der Waals surface area contributed by atoms with Gasteiger partial charge >= 0.3 is 35.6 Å². The summed E-state index contributed by atoms with van der Waals surface area (Å²) in [5.41, 5.74) is 1.37. The number of phenols is 1. The Balaban J connectivity index is 0.000000758. The van der Waals surface area contributed by atoms with Crippen molar-refractivity contribution >= 4 is 37.8 Å². The van der Waals surface area contributed by atoms with Crippen molar-refractivity contribution < 1.29 is 26.9 Å². The third kappa shape index (κ3) is 7.04. The normalized spacial score (nSPS) is 14.7. The molecule has 2 aromatic carbocycles. The van der Waals surface area contributed by atoms with E-state index in [1.165, 1.54) is 43.2 Å². The molecule has 0 radical (unpaired) electrons. The van der Waals surface area contributed by atoms with Crippen molar-refractivity contribution in [2.75, 3.05) is 20.2 Å². The van der Waals surface area contributed by atoms with Crippen LogP contribution in [0.25, 0.3) is 0 Å². The number of likely N-dealkylation sites (tertiary alicyclic amines) is 1. The Hall–Kier alpha value is -0.276. The van der Waals surface area contributed by atoms with E-state index in [1.54, 1.807) is 19.2 Å². The van der Waals surface area contributed by atoms with Gasteiger partial charge in [-0.05, 0) is 55.0 Å². The minimum absolute atomic E-state index is 0.344. The van der Waals surface area contributed by atoms with Crippen LogP contribution in [0.5, 0.6) is 11.5 Å². The fraction of sp³-hybridized carbons (Fsp3) is 0.368. The van der Waals surface area contributed by atoms with Gasteiger partial charge in [-0.25, -0.2) is 0 Å². The second-order valence-corrected chi connectivity index (χ2v) is 9.98. The molecular formula is C19H24Cl2NO2PTi. The zero-order valence-electron chi connectivity index (χ0n) is 14.8. The maximum absolute atomic E-state index is 10.1. The van der Waals surface area contributed by atoms with E-state index in [4.69, 9.17) is 23.3 Å². The topological polar surface area (TPSA) is 32.7 Å². The van der Waals surface area contributed by atoms with Gasteiger partial charge in [0, 0.05) is 11.8 Å². The number of nitrogens with zero attached hydrogens (tertiary/aromatic N) is 1. The number of rotatable bonds is 5. The molecule has 26 heavy (non-hydrogen) atoms. The van der Waals surface area contributed by atoms with E-state index >= 15 is 0 Å². The molecule has 3 rings (SSSR count). The van der Waals surface area contributed by atoms with Crippen molar-refractivity contribution in [3.05, 3.63) is 48.0 Å². The van der Waals surface area contributed by atoms with Crippen LogP contribution in [0.1, 0.15) is 24.8 Å². The summed E-state index contributed by atoms with van der Waals surface area (Å²) < 4.78 is 5.28. The van der Waals surface area contributed by atoms with Gasteiger partial charge in [-0.1, -0.05) is 39.3 Å². The van der Waals surface area contributed by atoms with Gasteiger partial charge in [-0.15, -0.1) is 0 Å². The molecule has 140 valence electrons. The molecule has 3 nitrogen and oxygen atoms in total. The first kappa shape index (κ1) is 22.0. The number of halogens is 2. The Morgan fingerprint density at radius 1 is 1.08 bits per heavy atom. The monoisotopic (exact) mass is 447 g/mol. The zero-order valence-corrected chi connectivity index (χ0v) is 18.9. The third-order valence-electron chi connectivity index (χ3n) is 4.33. The molecule has 0 bridgehead atoms. The molecule has 1 saturated heterocycles. The molecular weight excluding hydrogens is 424 g/mol. The first-order valence-electron chi connectivity index (χ1n) is 8.58. The molecule has 1 aliphatic rings. The molecule has 1 unspecified atom stereocenters. The van der Waals surface area contributed by atoms with Crippen molar-refractivity contribution in [2.24, 2.45) is 0 Å². The summed E-state index contributed by atoms with van der Waals surface area (Å²) in [7, 11) is 11.9. The van der Waals surface area contributed by atoms with Gasteiger partial charge in [-0.2, -0.15) is 0 Å². The summed E-state index contributed by atoms with van der Waals surface area (Å²) in [4.78, 5) is 2.54. The molecule has 0 aromatic heterocycles. The Morgan fingerprint density at radius 3 is 2.46 bits per heavy atom. The number of aromatic hydroxyl groups is 1. The number of hydrogen-bond acceptors (Lipinski definition) is 3. The third-order valence-corrected chi connectivity index (χ3v) is 5.76. The van der Waals surface area contributed by atoms with E-state index in [1.807, 2.05) is 6.07 Å². The predicted molar refractivity (Wildman–Crippen MR) is 110 cm³/mol. The molecule has 1 N–H and O–H groups in total. The van der Waals surface area contributed by atoms with Crippen LogP contribution in [0, 0.1) is 0 Å². The maximum atomic E-state index is 10.1. The van der Waals surface area contributed by atoms with Gasteiger partial charge in [0.1, 0.15) is 11.5 Å². The van der Waals surface area contributed by atoms with Crippen LogP contribution >= 0.6 is 27.2 Å². The van der Waals surface area contributed by atoms with Crippen LogP contribution in [0.3, 0.4) is 0 Å². The van der Waals surface area contributed by atoms with Crippen LogP contribution in [0.4, 0.5) is 0 Å². The molecule has 7 heteroatoms. The fourth-order valence-electron chi connectivity index (χ4n) is 3.03. The van der Waals surface area contributed by atoms with Crippen molar-refractivity contribution in [2.45, 2.75) is 25.8 Å². The minimum atomic E-state index is -0.556. The summed E-state index contributed by atoms with van der Waals surface area (Å²) in [6.45, 7) is 3.40. The Morgan fingerprint density at radius 2 is 1.77 bits per heavy atom. The average Bonchev–Trinajstić information content (AvgIpc) is 2.66. The zero-order chi connectivity index (χ0) is 18.8. The van der Waals surface area contributed by atoms with E-state index in [0.717, 1.165) is 17.6 Å². The molecule has 0 saturated carbocycles. The average molecular weight is 448 g/mol. The number of ether oxygens (including phenoxy) is 1. The number of methoxy groups -OCH3 is 1. The summed E-state index contributed by atoms with van der Waals surface area (Å²) in [5, 5.41) is 12.4. The van der Waals surface area contributed by atoms with E-state index in [-0.39, 0.29) is 0 Å². The second kappa shape index (κ2) is 12.2. The summed E-state index contributed by atoms with van der Waals surface area (Å²) in [6.07, 6.45) is 3.97. The summed E-state index contributed by atoms with van der Waals surface area (Å²) >= 11 is -0.556. The molecule has 1 aliphatic heterocycles. The fourth-order valence-corrected chi connectivity index (χ4v) is 4.24. The first-order valence-corrected chi connectivity index (χ1v) is 13.9. The van der Waals surface area contributed by atoms with Crippen molar-refractivity contribution in [1.29, 1.82) is 0 Å². The van der Waals surface area contributed by atoms with E-state index in [9.17, 15) is 5.11 Å². The van der Waals surface area contributed by atoms with Gasteiger partial charge in [0.15, 0.2) is 0 Å². The van der Waals surface area contributed by atoms with Crippen LogP contribution in [-0.4, -0.2) is 30.2 Å². The van der Waals surface area contributed by atoms with Crippen molar-refractivity contribution in [3.63, 3.8) is 0 Å². The number of benzene rings is 2. The van der Waals surface area contributed by atoms with E-state index in [2.05, 4.69) is 29.2 Å². The van der Waals surface area contributed by atoms with Gasteiger partial charge in [0.25, 0.3) is 0 Å². The van der Waals surface area contributed by atoms with E-state index < -0.39 is 17.0 Å². The number of piperidine rings is 1. The standard InChI is InChI=1S/C19H24NO2P.2ClH.Ti/c1-22-16-9-10-17(21)19(13-16)23-18-8-4-3-7-15(18)14-20-11-5-2-6-12-20;;;/h3-4,7-10,13,21,23H,2,5-6,11-12,14H2,1H3;2*1H;/q;;;+2/p-2. The Labute approximate surface area is 174 Å². The Bertz CT molecular complexity index is 684. The predicted octanol–water partition coefficient (Wildman–Crippen LogP) is 4.39. The summed E-state index contributed by atoms with van der Waals surface area (Å²) in [5.74, 6) is 1.13. The Kier molecular flexibility index (Phi) is 10.4. The number of phenolic OH excluding ortho intramolecular Hbond substituents is 1. The van der Waals surface area contributed by atoms with Gasteiger partial charge < -0.3 is 9.84 Å². The van der Waals surface area contributed by atoms with Crippen LogP contribution < -0.4 is 15.3 Å². The SMILES string of the molecule is COc1ccc(O)c(Pc2ccccc2CN2CCCCC2)c1.[Cl][Ti][Cl]. The quantitative estimate of drug-likeness (QED) is 0.544. The van der Waals surface area contributed by atoms with E-state index in [0.29, 0.717) is 14.3 Å².